The van der Waals surface area contributed by atoms with E-state index in [4.69, 9.17) is 11.1 Å². The van der Waals surface area contributed by atoms with Gasteiger partial charge in [-0.25, -0.2) is 0 Å². The van der Waals surface area contributed by atoms with Crippen LogP contribution in [0.15, 0.2) is 11.3 Å². The van der Waals surface area contributed by atoms with Crippen LogP contribution in [0.25, 0.3) is 0 Å². The molecule has 0 amide bonds. The van der Waals surface area contributed by atoms with Crippen molar-refractivity contribution in [2.45, 2.75) is 32.6 Å². The predicted molar refractivity (Wildman–Crippen MR) is 47.6 cm³/mol. The molecule has 2 nitrogen and oxygen atoms in total. The molecule has 0 radical (unpaired) electrons. The second-order valence-electron chi connectivity index (χ2n) is 3.21. The van der Waals surface area contributed by atoms with Crippen LogP contribution in [0.2, 0.25) is 0 Å². The average Bonchev–Trinajstić information content (AvgIpc) is 2.05. The van der Waals surface area contributed by atoms with Crippen molar-refractivity contribution in [3.05, 3.63) is 11.3 Å². The first-order valence-corrected chi connectivity index (χ1v) is 4.25. The highest BCUT2D eigenvalue weighted by molar-refractivity contribution is 5.77. The Morgan fingerprint density at radius 1 is 1.73 bits per heavy atom. The number of hydrogen-bond donors (Lipinski definition) is 2. The maximum Gasteiger partial charge on any atom is 0.0227 e. The third-order valence-electron chi connectivity index (χ3n) is 2.49. The summed E-state index contributed by atoms with van der Waals surface area (Å²) in [5, 5.41) is 7.13. The number of hydrogen-bond acceptors (Lipinski definition) is 2. The van der Waals surface area contributed by atoms with Gasteiger partial charge >= 0.3 is 0 Å². The largest absolute Gasteiger partial charge is 0.402 e. The van der Waals surface area contributed by atoms with Gasteiger partial charge in [0.15, 0.2) is 0 Å². The molecule has 1 aliphatic rings. The molecular formula is C9H16N2. The van der Waals surface area contributed by atoms with E-state index in [1.807, 2.05) is 0 Å². The van der Waals surface area contributed by atoms with Gasteiger partial charge in [0, 0.05) is 11.9 Å². The summed E-state index contributed by atoms with van der Waals surface area (Å²) in [6, 6.07) is 0. The van der Waals surface area contributed by atoms with Crippen molar-refractivity contribution in [2.24, 2.45) is 11.7 Å². The summed E-state index contributed by atoms with van der Waals surface area (Å²) < 4.78 is 0. The molecule has 0 unspecified atom stereocenters. The smallest absolute Gasteiger partial charge is 0.0227 e. The zero-order valence-corrected chi connectivity index (χ0v) is 7.06. The first kappa shape index (κ1) is 8.31. The molecule has 0 aromatic heterocycles. The van der Waals surface area contributed by atoms with Crippen LogP contribution in [0.3, 0.4) is 0 Å². The average molecular weight is 152 g/mol. The van der Waals surface area contributed by atoms with E-state index in [2.05, 4.69) is 6.92 Å². The van der Waals surface area contributed by atoms with Gasteiger partial charge in [-0.1, -0.05) is 13.3 Å². The van der Waals surface area contributed by atoms with E-state index < -0.39 is 0 Å². The fourth-order valence-electron chi connectivity index (χ4n) is 1.56. The van der Waals surface area contributed by atoms with E-state index in [-0.39, 0.29) is 0 Å². The van der Waals surface area contributed by atoms with Crippen LogP contribution < -0.4 is 5.73 Å². The van der Waals surface area contributed by atoms with Gasteiger partial charge in [-0.15, -0.1) is 0 Å². The fourth-order valence-corrected chi connectivity index (χ4v) is 1.56. The standard InChI is InChI=1S/C9H16N2/c1-2-7-3-4-9(11)8(5-7)6-10/h6-7,10H,2-5,11H2,1H3/t7-/m0/s1. The van der Waals surface area contributed by atoms with Gasteiger partial charge < -0.3 is 11.1 Å². The minimum Gasteiger partial charge on any atom is -0.402 e. The molecule has 0 spiro atoms. The lowest BCUT2D eigenvalue weighted by atomic mass is 9.86. The lowest BCUT2D eigenvalue weighted by Crippen LogP contribution is -2.15. The molecule has 11 heavy (non-hydrogen) atoms. The SMILES string of the molecule is CC[C@H]1CCC(N)=C(C=N)C1. The van der Waals surface area contributed by atoms with E-state index in [9.17, 15) is 0 Å². The Labute approximate surface area is 68.0 Å². The van der Waals surface area contributed by atoms with Crippen LogP contribution in [0.4, 0.5) is 0 Å². The molecule has 1 rings (SSSR count). The topological polar surface area (TPSA) is 49.9 Å². The monoisotopic (exact) mass is 152 g/mol. The minimum absolute atomic E-state index is 0.763. The summed E-state index contributed by atoms with van der Waals surface area (Å²) in [5.74, 6) is 0.763. The van der Waals surface area contributed by atoms with Crippen molar-refractivity contribution in [1.82, 2.24) is 0 Å². The predicted octanol–water partition coefficient (Wildman–Crippen LogP) is 2.06. The van der Waals surface area contributed by atoms with Gasteiger partial charge in [0.1, 0.15) is 0 Å². The first-order chi connectivity index (χ1) is 5.27. The highest BCUT2D eigenvalue weighted by Gasteiger charge is 2.16. The fraction of sp³-hybridized carbons (Fsp3) is 0.667. The van der Waals surface area contributed by atoms with Crippen LogP contribution >= 0.6 is 0 Å². The Morgan fingerprint density at radius 3 is 3.00 bits per heavy atom. The molecule has 0 fully saturated rings. The molecule has 0 aliphatic heterocycles. The third kappa shape index (κ3) is 1.82. The highest BCUT2D eigenvalue weighted by atomic mass is 14.6. The van der Waals surface area contributed by atoms with Crippen molar-refractivity contribution in [3.63, 3.8) is 0 Å². The molecule has 1 atom stereocenters. The maximum atomic E-state index is 7.13. The Morgan fingerprint density at radius 2 is 2.45 bits per heavy atom. The van der Waals surface area contributed by atoms with E-state index in [0.717, 1.165) is 30.0 Å². The number of nitrogens with one attached hydrogen (secondary N) is 1. The van der Waals surface area contributed by atoms with Gasteiger partial charge in [0.05, 0.1) is 0 Å². The molecule has 0 aromatic carbocycles. The molecule has 1 aliphatic carbocycles. The Bertz CT molecular complexity index is 182. The number of allylic oxidation sites excluding steroid dienone is 2. The van der Waals surface area contributed by atoms with E-state index in [0.29, 0.717) is 0 Å². The van der Waals surface area contributed by atoms with Gasteiger partial charge in [-0.05, 0) is 30.8 Å². The zero-order valence-electron chi connectivity index (χ0n) is 7.06. The molecule has 0 saturated heterocycles. The van der Waals surface area contributed by atoms with Crippen LogP contribution in [0.5, 0.6) is 0 Å². The van der Waals surface area contributed by atoms with Gasteiger partial charge in [0.25, 0.3) is 0 Å². The second-order valence-corrected chi connectivity index (χ2v) is 3.21. The summed E-state index contributed by atoms with van der Waals surface area (Å²) in [5.41, 5.74) is 7.73. The van der Waals surface area contributed by atoms with Gasteiger partial charge in [0.2, 0.25) is 0 Å². The van der Waals surface area contributed by atoms with Crippen molar-refractivity contribution in [2.75, 3.05) is 0 Å². The molecule has 2 heteroatoms. The first-order valence-electron chi connectivity index (χ1n) is 4.25. The van der Waals surface area contributed by atoms with Gasteiger partial charge in [-0.2, -0.15) is 0 Å². The van der Waals surface area contributed by atoms with Crippen molar-refractivity contribution in [1.29, 1.82) is 5.41 Å². The van der Waals surface area contributed by atoms with Crippen LogP contribution in [-0.4, -0.2) is 6.21 Å². The molecule has 0 saturated carbocycles. The van der Waals surface area contributed by atoms with Crippen molar-refractivity contribution >= 4 is 6.21 Å². The quantitative estimate of drug-likeness (QED) is 0.584. The molecule has 0 bridgehead atoms. The number of rotatable bonds is 2. The second kappa shape index (κ2) is 3.56. The van der Waals surface area contributed by atoms with Crippen LogP contribution in [0.1, 0.15) is 32.6 Å². The zero-order chi connectivity index (χ0) is 8.27. The maximum absolute atomic E-state index is 7.13. The lowest BCUT2D eigenvalue weighted by Gasteiger charge is -2.22. The Hall–Kier alpha value is -0.790. The highest BCUT2D eigenvalue weighted by Crippen LogP contribution is 2.27. The van der Waals surface area contributed by atoms with E-state index >= 15 is 0 Å². The molecule has 3 N–H and O–H groups in total. The van der Waals surface area contributed by atoms with Gasteiger partial charge in [-0.3, -0.25) is 0 Å². The summed E-state index contributed by atoms with van der Waals surface area (Å²) in [6.45, 7) is 2.20. The molecule has 62 valence electrons. The summed E-state index contributed by atoms with van der Waals surface area (Å²) in [7, 11) is 0. The summed E-state index contributed by atoms with van der Waals surface area (Å²) >= 11 is 0. The lowest BCUT2D eigenvalue weighted by molar-refractivity contribution is 0.448. The Balaban J connectivity index is 2.65. The molecular weight excluding hydrogens is 136 g/mol. The summed E-state index contributed by atoms with van der Waals surface area (Å²) in [4.78, 5) is 0. The van der Waals surface area contributed by atoms with Crippen molar-refractivity contribution in [3.8, 4) is 0 Å². The van der Waals surface area contributed by atoms with E-state index in [1.54, 1.807) is 0 Å². The third-order valence-corrected chi connectivity index (χ3v) is 2.49. The van der Waals surface area contributed by atoms with Crippen LogP contribution in [0, 0.1) is 11.3 Å². The molecule has 0 aromatic rings. The van der Waals surface area contributed by atoms with Crippen LogP contribution in [-0.2, 0) is 0 Å². The summed E-state index contributed by atoms with van der Waals surface area (Å²) in [6.07, 6.45) is 5.84. The van der Waals surface area contributed by atoms with E-state index in [1.165, 1.54) is 19.1 Å². The Kier molecular flexibility index (Phi) is 2.69. The van der Waals surface area contributed by atoms with Crippen molar-refractivity contribution < 1.29 is 0 Å². The number of nitrogens with two attached hydrogens (primary N) is 1. The minimum atomic E-state index is 0.763. The molecule has 0 heterocycles. The normalized spacial score (nSPS) is 25.4.